The molecule has 0 bridgehead atoms. The Kier molecular flexibility index (Phi) is 6.03. The second kappa shape index (κ2) is 8.25. The highest BCUT2D eigenvalue weighted by molar-refractivity contribution is 6.30. The molecule has 1 aliphatic heterocycles. The van der Waals surface area contributed by atoms with E-state index in [9.17, 15) is 26.7 Å². The summed E-state index contributed by atoms with van der Waals surface area (Å²) >= 11 is 5.80. The van der Waals surface area contributed by atoms with Gasteiger partial charge in [-0.3, -0.25) is 4.79 Å². The van der Waals surface area contributed by atoms with E-state index >= 15 is 0 Å². The number of carbonyl (C=O) groups is 1. The number of hydrogen-bond donors (Lipinski definition) is 2. The summed E-state index contributed by atoms with van der Waals surface area (Å²) in [5.74, 6) is -1.98. The van der Waals surface area contributed by atoms with Crippen LogP contribution < -0.4 is 11.1 Å². The van der Waals surface area contributed by atoms with Gasteiger partial charge in [-0.15, -0.1) is 0 Å². The molecule has 0 unspecified atom stereocenters. The van der Waals surface area contributed by atoms with E-state index in [1.165, 1.54) is 12.3 Å². The topological polar surface area (TPSA) is 102 Å². The Morgan fingerprint density at radius 2 is 2.06 bits per heavy atom. The van der Waals surface area contributed by atoms with E-state index in [-0.39, 0.29) is 11.4 Å². The molecule has 2 aromatic rings. The highest BCUT2D eigenvalue weighted by Gasteiger charge is 2.52. The molecule has 0 saturated carbocycles. The Morgan fingerprint density at radius 3 is 2.68 bits per heavy atom. The molecule has 0 aliphatic carbocycles. The molecule has 3 N–H and O–H groups in total. The van der Waals surface area contributed by atoms with Crippen LogP contribution in [0.3, 0.4) is 0 Å². The van der Waals surface area contributed by atoms with Gasteiger partial charge in [-0.05, 0) is 24.6 Å². The van der Waals surface area contributed by atoms with E-state index in [0.29, 0.717) is 10.6 Å². The number of nitrogens with zero attached hydrogens (tertiary/aromatic N) is 3. The van der Waals surface area contributed by atoms with Crippen LogP contribution in [0.2, 0.25) is 5.02 Å². The molecule has 2 atom stereocenters. The SMILES string of the molecule is Cc1cc(Cl)cnc1C(=O)Nc1cnc(F)c([C@]2(CF)C[C@@H](C(F)(F)F)OC(N)=N2)c1. The number of alkyl halides is 4. The van der Waals surface area contributed by atoms with Crippen molar-refractivity contribution in [3.8, 4) is 0 Å². The Labute approximate surface area is 177 Å². The molecular formula is C18H15ClF5N5O2. The molecule has 3 rings (SSSR count). The molecule has 1 amide bonds. The maximum absolute atomic E-state index is 14.5. The predicted octanol–water partition coefficient (Wildman–Crippen LogP) is 3.66. The number of carbonyl (C=O) groups excluding carboxylic acids is 1. The maximum Gasteiger partial charge on any atom is 0.425 e. The van der Waals surface area contributed by atoms with Crippen LogP contribution >= 0.6 is 11.6 Å². The van der Waals surface area contributed by atoms with Crippen molar-refractivity contribution in [1.82, 2.24) is 9.97 Å². The fourth-order valence-corrected chi connectivity index (χ4v) is 3.31. The van der Waals surface area contributed by atoms with E-state index in [2.05, 4.69) is 25.0 Å². The Morgan fingerprint density at radius 1 is 1.35 bits per heavy atom. The monoisotopic (exact) mass is 463 g/mol. The molecule has 0 radical (unpaired) electrons. The molecule has 2 aromatic heterocycles. The Hall–Kier alpha value is -3.02. The van der Waals surface area contributed by atoms with Crippen LogP contribution in [0.4, 0.5) is 27.6 Å². The quantitative estimate of drug-likeness (QED) is 0.532. The lowest BCUT2D eigenvalue weighted by Crippen LogP contribution is -2.48. The summed E-state index contributed by atoms with van der Waals surface area (Å²) < 4.78 is 72.4. The normalized spacial score (nSPS) is 21.3. The Bertz CT molecular complexity index is 1050. The van der Waals surface area contributed by atoms with Crippen LogP contribution in [0.5, 0.6) is 0 Å². The predicted molar refractivity (Wildman–Crippen MR) is 101 cm³/mol. The van der Waals surface area contributed by atoms with Crippen molar-refractivity contribution < 1.29 is 31.5 Å². The van der Waals surface area contributed by atoms with Gasteiger partial charge < -0.3 is 15.8 Å². The van der Waals surface area contributed by atoms with E-state index in [0.717, 1.165) is 12.3 Å². The average molecular weight is 464 g/mol. The fourth-order valence-electron chi connectivity index (χ4n) is 3.10. The minimum absolute atomic E-state index is 0.000877. The van der Waals surface area contributed by atoms with Crippen molar-refractivity contribution in [3.05, 3.63) is 52.3 Å². The van der Waals surface area contributed by atoms with E-state index in [1.807, 2.05) is 0 Å². The second-order valence-corrected chi connectivity index (χ2v) is 7.24. The number of pyridine rings is 2. The number of aromatic nitrogens is 2. The number of halogens is 6. The third-order valence-corrected chi connectivity index (χ3v) is 4.76. The van der Waals surface area contributed by atoms with E-state index in [1.54, 1.807) is 6.92 Å². The van der Waals surface area contributed by atoms with Gasteiger partial charge in [0.2, 0.25) is 5.95 Å². The number of hydrogen-bond acceptors (Lipinski definition) is 6. The van der Waals surface area contributed by atoms with E-state index in [4.69, 9.17) is 17.3 Å². The van der Waals surface area contributed by atoms with Gasteiger partial charge in [0.15, 0.2) is 6.10 Å². The molecule has 31 heavy (non-hydrogen) atoms. The van der Waals surface area contributed by atoms with Gasteiger partial charge in [0.1, 0.15) is 17.9 Å². The lowest BCUT2D eigenvalue weighted by Gasteiger charge is -2.36. The standard InChI is InChI=1S/C18H15ClF5N5O2/c1-8-2-9(19)5-26-13(8)15(30)28-10-3-11(14(21)27-6-10)17(7-20)4-12(18(22,23)24)31-16(25)29-17/h2-3,5-6,12H,4,7H2,1H3,(H2,25,29)(H,28,30)/t12-,17+/m0/s1. The Balaban J connectivity index is 1.98. The van der Waals surface area contributed by atoms with Crippen molar-refractivity contribution in [1.29, 1.82) is 0 Å². The first-order valence-electron chi connectivity index (χ1n) is 8.69. The summed E-state index contributed by atoms with van der Waals surface area (Å²) in [6.45, 7) is 0.0640. The van der Waals surface area contributed by atoms with Gasteiger partial charge in [0.05, 0.1) is 16.9 Å². The summed E-state index contributed by atoms with van der Waals surface area (Å²) in [6.07, 6.45) is -6.30. The van der Waals surface area contributed by atoms with Gasteiger partial charge in [0.25, 0.3) is 11.9 Å². The number of rotatable bonds is 4. The molecule has 166 valence electrons. The molecule has 13 heteroatoms. The number of nitrogens with two attached hydrogens (primary N) is 1. The van der Waals surface area contributed by atoms with Crippen LogP contribution in [0.1, 0.15) is 28.0 Å². The zero-order chi connectivity index (χ0) is 23.0. The summed E-state index contributed by atoms with van der Waals surface area (Å²) in [4.78, 5) is 23.4. The third kappa shape index (κ3) is 4.68. The first-order chi connectivity index (χ1) is 14.4. The number of ether oxygens (including phenoxy) is 1. The minimum atomic E-state index is -4.89. The molecule has 0 spiro atoms. The van der Waals surface area contributed by atoms with Crippen LogP contribution in [0, 0.1) is 12.9 Å². The highest BCUT2D eigenvalue weighted by Crippen LogP contribution is 2.41. The molecule has 0 aromatic carbocycles. The third-order valence-electron chi connectivity index (χ3n) is 4.55. The van der Waals surface area contributed by atoms with Crippen molar-refractivity contribution in [2.45, 2.75) is 31.2 Å². The van der Waals surface area contributed by atoms with Gasteiger partial charge in [-0.2, -0.15) is 17.6 Å². The number of nitrogens with one attached hydrogen (secondary N) is 1. The van der Waals surface area contributed by atoms with Crippen molar-refractivity contribution >= 4 is 29.2 Å². The van der Waals surface area contributed by atoms with Crippen molar-refractivity contribution in [2.24, 2.45) is 10.7 Å². The first kappa shape index (κ1) is 22.7. The molecule has 3 heterocycles. The van der Waals surface area contributed by atoms with Gasteiger partial charge >= 0.3 is 6.18 Å². The fraction of sp³-hybridized carbons (Fsp3) is 0.333. The largest absolute Gasteiger partial charge is 0.452 e. The van der Waals surface area contributed by atoms with Gasteiger partial charge in [-0.25, -0.2) is 19.4 Å². The molecule has 1 aliphatic rings. The smallest absolute Gasteiger partial charge is 0.425 e. The van der Waals surface area contributed by atoms with E-state index < -0.39 is 54.4 Å². The minimum Gasteiger partial charge on any atom is -0.452 e. The summed E-state index contributed by atoms with van der Waals surface area (Å²) in [6, 6.07) is 1.49. The molecule has 7 nitrogen and oxygen atoms in total. The molecular weight excluding hydrogens is 449 g/mol. The number of amidine groups is 1. The summed E-state index contributed by atoms with van der Waals surface area (Å²) in [7, 11) is 0. The van der Waals surface area contributed by atoms with Crippen LogP contribution in [0.25, 0.3) is 0 Å². The average Bonchev–Trinajstić information content (AvgIpc) is 2.68. The number of aryl methyl sites for hydroxylation is 1. The number of amides is 1. The van der Waals surface area contributed by atoms with Crippen molar-refractivity contribution in [3.63, 3.8) is 0 Å². The summed E-state index contributed by atoms with van der Waals surface area (Å²) in [5.41, 5.74) is 2.68. The van der Waals surface area contributed by atoms with Gasteiger partial charge in [0, 0.05) is 18.2 Å². The molecule has 0 fully saturated rings. The first-order valence-corrected chi connectivity index (χ1v) is 9.07. The zero-order valence-corrected chi connectivity index (χ0v) is 16.6. The number of aliphatic imine (C=N–C) groups is 1. The van der Waals surface area contributed by atoms with Crippen molar-refractivity contribution in [2.75, 3.05) is 12.0 Å². The lowest BCUT2D eigenvalue weighted by atomic mass is 9.85. The lowest BCUT2D eigenvalue weighted by molar-refractivity contribution is -0.209. The second-order valence-electron chi connectivity index (χ2n) is 6.80. The number of anilines is 1. The van der Waals surface area contributed by atoms with Crippen LogP contribution in [-0.4, -0.2) is 40.9 Å². The summed E-state index contributed by atoms with van der Waals surface area (Å²) in [5, 5.41) is 2.69. The maximum atomic E-state index is 14.5. The van der Waals surface area contributed by atoms with Gasteiger partial charge in [-0.1, -0.05) is 11.6 Å². The van der Waals surface area contributed by atoms with Crippen LogP contribution in [-0.2, 0) is 10.3 Å². The highest BCUT2D eigenvalue weighted by atomic mass is 35.5. The van der Waals surface area contributed by atoms with Crippen LogP contribution in [0.15, 0.2) is 29.5 Å². The molecule has 0 saturated heterocycles. The zero-order valence-electron chi connectivity index (χ0n) is 15.8.